The summed E-state index contributed by atoms with van der Waals surface area (Å²) in [5.41, 5.74) is 0. The van der Waals surface area contributed by atoms with Crippen molar-refractivity contribution in [2.45, 2.75) is 24.0 Å². The van der Waals surface area contributed by atoms with Crippen LogP contribution >= 0.6 is 11.8 Å². The van der Waals surface area contributed by atoms with Crippen LogP contribution < -0.4 is 4.74 Å². The quantitative estimate of drug-likeness (QED) is 0.667. The Kier molecular flexibility index (Phi) is 4.79. The largest absolute Gasteiger partial charge is 0.468 e. The summed E-state index contributed by atoms with van der Waals surface area (Å²) in [5.74, 6) is 3.56. The van der Waals surface area contributed by atoms with Gasteiger partial charge in [-0.3, -0.25) is 0 Å². The van der Waals surface area contributed by atoms with Gasteiger partial charge in [0, 0.05) is 10.8 Å². The van der Waals surface area contributed by atoms with Crippen LogP contribution in [0.15, 0.2) is 29.2 Å². The van der Waals surface area contributed by atoms with Crippen LogP contribution in [0.5, 0.6) is 5.75 Å². The second kappa shape index (κ2) is 5.89. The highest BCUT2D eigenvalue weighted by molar-refractivity contribution is 7.98. The number of hydrogen-bond donors (Lipinski definition) is 1. The van der Waals surface area contributed by atoms with Crippen molar-refractivity contribution < 1.29 is 18.6 Å². The number of benzene rings is 1. The topological polar surface area (TPSA) is 29.5 Å². The van der Waals surface area contributed by atoms with E-state index in [2.05, 4.69) is 4.74 Å². The zero-order chi connectivity index (χ0) is 12.9. The maximum absolute atomic E-state index is 13.1. The van der Waals surface area contributed by atoms with E-state index in [9.17, 15) is 8.78 Å². The van der Waals surface area contributed by atoms with Gasteiger partial charge in [-0.05, 0) is 37.4 Å². The van der Waals surface area contributed by atoms with Crippen LogP contribution in [0.25, 0.3) is 0 Å². The predicted octanol–water partition coefficient (Wildman–Crippen LogP) is 2.76. The number of thioether (sulfide) groups is 1. The summed E-state index contributed by atoms with van der Waals surface area (Å²) < 4.78 is 30.7. The van der Waals surface area contributed by atoms with Gasteiger partial charge in [-0.2, -0.15) is 8.78 Å². The molecule has 0 saturated heterocycles. The number of hydrogen-bond acceptors (Lipinski definition) is 3. The minimum Gasteiger partial charge on any atom is -0.423 e. The molecule has 0 heterocycles. The van der Waals surface area contributed by atoms with Crippen molar-refractivity contribution in [3.63, 3.8) is 0 Å². The molecule has 5 heteroatoms. The molecule has 1 unspecified atom stereocenters. The maximum atomic E-state index is 13.1. The van der Waals surface area contributed by atoms with Crippen molar-refractivity contribution in [1.82, 2.24) is 0 Å². The molecule has 2 nitrogen and oxygen atoms in total. The molecule has 1 aromatic rings. The SMILES string of the molecule is CSc1ccc(OC(F)(F)C#CC(C)O)cc1. The lowest BCUT2D eigenvalue weighted by atomic mass is 10.3. The molecule has 0 saturated carbocycles. The van der Waals surface area contributed by atoms with Crippen LogP contribution in [0.1, 0.15) is 6.92 Å². The van der Waals surface area contributed by atoms with E-state index in [1.54, 1.807) is 18.1 Å². The van der Waals surface area contributed by atoms with Gasteiger partial charge in [-0.25, -0.2) is 0 Å². The molecule has 0 amide bonds. The molecule has 1 N–H and O–H groups in total. The minimum absolute atomic E-state index is 0.0349. The molecule has 0 aliphatic heterocycles. The number of halogens is 2. The smallest absolute Gasteiger partial charge is 0.423 e. The second-order valence-electron chi connectivity index (χ2n) is 3.24. The van der Waals surface area contributed by atoms with E-state index < -0.39 is 12.2 Å². The first-order valence-corrected chi connectivity index (χ1v) is 6.07. The molecule has 1 aromatic carbocycles. The Bertz CT molecular complexity index is 418. The normalized spacial score (nSPS) is 12.5. The summed E-state index contributed by atoms with van der Waals surface area (Å²) in [4.78, 5) is 0.954. The van der Waals surface area contributed by atoms with Crippen molar-refractivity contribution in [2.75, 3.05) is 6.26 Å². The number of aliphatic hydroxyl groups is 1. The molecule has 0 aliphatic carbocycles. The van der Waals surface area contributed by atoms with E-state index in [4.69, 9.17) is 5.11 Å². The van der Waals surface area contributed by atoms with Gasteiger partial charge in [0.15, 0.2) is 0 Å². The summed E-state index contributed by atoms with van der Waals surface area (Å²) in [6.07, 6.45) is -2.82. The lowest BCUT2D eigenvalue weighted by molar-refractivity contribution is -0.122. The Hall–Kier alpha value is -1.25. The zero-order valence-corrected chi connectivity index (χ0v) is 10.2. The molecule has 0 aromatic heterocycles. The Morgan fingerprint density at radius 3 is 2.41 bits per heavy atom. The van der Waals surface area contributed by atoms with E-state index in [0.29, 0.717) is 0 Å². The van der Waals surface area contributed by atoms with Crippen molar-refractivity contribution in [1.29, 1.82) is 0 Å². The summed E-state index contributed by atoms with van der Waals surface area (Å²) in [6, 6.07) is 6.25. The van der Waals surface area contributed by atoms with Crippen molar-refractivity contribution >= 4 is 11.8 Å². The van der Waals surface area contributed by atoms with Gasteiger partial charge in [-0.15, -0.1) is 11.8 Å². The minimum atomic E-state index is -3.60. The Morgan fingerprint density at radius 1 is 1.35 bits per heavy atom. The molecule has 17 heavy (non-hydrogen) atoms. The van der Waals surface area contributed by atoms with Crippen molar-refractivity contribution in [3.05, 3.63) is 24.3 Å². The summed E-state index contributed by atoms with van der Waals surface area (Å²) >= 11 is 1.51. The van der Waals surface area contributed by atoms with Crippen LogP contribution in [-0.4, -0.2) is 23.6 Å². The van der Waals surface area contributed by atoms with Crippen LogP contribution in [0, 0.1) is 11.8 Å². The number of alkyl halides is 2. The first-order valence-electron chi connectivity index (χ1n) is 4.84. The third kappa shape index (κ3) is 5.07. The Labute approximate surface area is 103 Å². The third-order valence-electron chi connectivity index (χ3n) is 1.73. The molecule has 0 spiro atoms. The standard InChI is InChI=1S/C12H12F2O2S/c1-9(15)7-8-12(13,14)16-10-3-5-11(17-2)6-4-10/h3-6,9,15H,1-2H3. The summed E-state index contributed by atoms with van der Waals surface area (Å²) in [7, 11) is 0. The van der Waals surface area contributed by atoms with E-state index in [1.165, 1.54) is 30.8 Å². The fourth-order valence-corrected chi connectivity index (χ4v) is 1.41. The fraction of sp³-hybridized carbons (Fsp3) is 0.333. The number of rotatable bonds is 3. The monoisotopic (exact) mass is 258 g/mol. The Balaban J connectivity index is 2.73. The highest BCUT2D eigenvalue weighted by Crippen LogP contribution is 2.24. The molecule has 0 aliphatic rings. The highest BCUT2D eigenvalue weighted by Gasteiger charge is 2.28. The van der Waals surface area contributed by atoms with E-state index in [1.807, 2.05) is 12.2 Å². The lowest BCUT2D eigenvalue weighted by Crippen LogP contribution is -2.22. The van der Waals surface area contributed by atoms with Gasteiger partial charge < -0.3 is 9.84 Å². The average Bonchev–Trinajstić information content (AvgIpc) is 2.27. The first-order chi connectivity index (χ1) is 7.93. The second-order valence-corrected chi connectivity index (χ2v) is 4.12. The number of ether oxygens (including phenoxy) is 1. The van der Waals surface area contributed by atoms with E-state index in [0.717, 1.165) is 4.90 Å². The molecule has 1 rings (SSSR count). The third-order valence-corrected chi connectivity index (χ3v) is 2.48. The summed E-state index contributed by atoms with van der Waals surface area (Å²) in [6.45, 7) is 1.30. The van der Waals surface area contributed by atoms with E-state index in [-0.39, 0.29) is 5.75 Å². The zero-order valence-electron chi connectivity index (χ0n) is 9.41. The molecule has 0 bridgehead atoms. The summed E-state index contributed by atoms with van der Waals surface area (Å²) in [5, 5.41) is 8.78. The molecule has 92 valence electrons. The number of aliphatic hydroxyl groups excluding tert-OH is 1. The maximum Gasteiger partial charge on any atom is 0.468 e. The average molecular weight is 258 g/mol. The molecule has 0 radical (unpaired) electrons. The lowest BCUT2D eigenvalue weighted by Gasteiger charge is -2.12. The van der Waals surface area contributed by atoms with Crippen molar-refractivity contribution in [3.8, 4) is 17.6 Å². The van der Waals surface area contributed by atoms with Crippen LogP contribution in [-0.2, 0) is 0 Å². The van der Waals surface area contributed by atoms with Gasteiger partial charge in [0.05, 0.1) is 0 Å². The molecule has 1 atom stereocenters. The molecular weight excluding hydrogens is 246 g/mol. The van der Waals surface area contributed by atoms with Gasteiger partial charge in [0.25, 0.3) is 0 Å². The van der Waals surface area contributed by atoms with Crippen LogP contribution in [0.4, 0.5) is 8.78 Å². The molecular formula is C12H12F2O2S. The van der Waals surface area contributed by atoms with Gasteiger partial charge in [-0.1, -0.05) is 5.92 Å². The van der Waals surface area contributed by atoms with Gasteiger partial charge in [0.1, 0.15) is 11.9 Å². The fourth-order valence-electron chi connectivity index (χ4n) is 1.01. The van der Waals surface area contributed by atoms with Crippen LogP contribution in [0.3, 0.4) is 0 Å². The van der Waals surface area contributed by atoms with Gasteiger partial charge in [0.2, 0.25) is 0 Å². The first kappa shape index (κ1) is 13.8. The van der Waals surface area contributed by atoms with Crippen LogP contribution in [0.2, 0.25) is 0 Å². The highest BCUT2D eigenvalue weighted by atomic mass is 32.2. The van der Waals surface area contributed by atoms with Gasteiger partial charge >= 0.3 is 6.11 Å². The van der Waals surface area contributed by atoms with E-state index >= 15 is 0 Å². The predicted molar refractivity (Wildman–Crippen MR) is 63.3 cm³/mol. The van der Waals surface area contributed by atoms with Crippen molar-refractivity contribution in [2.24, 2.45) is 0 Å². The molecule has 0 fully saturated rings. The Morgan fingerprint density at radius 2 is 1.94 bits per heavy atom.